The summed E-state index contributed by atoms with van der Waals surface area (Å²) in [5, 5.41) is 6.43. The van der Waals surface area contributed by atoms with Gasteiger partial charge in [-0.1, -0.05) is 36.8 Å². The molecule has 2 N–H and O–H groups in total. The zero-order valence-electron chi connectivity index (χ0n) is 11.6. The number of nitrogens with one attached hydrogen (secondary N) is 2. The summed E-state index contributed by atoms with van der Waals surface area (Å²) in [6.07, 6.45) is 0.911. The van der Waals surface area contributed by atoms with Crippen LogP contribution in [-0.2, 0) is 4.79 Å². The number of aryl methyl sites for hydroxylation is 1. The molecule has 1 aliphatic rings. The third-order valence-corrected chi connectivity index (χ3v) is 4.50. The Labute approximate surface area is 119 Å². The van der Waals surface area contributed by atoms with Crippen LogP contribution in [0.4, 0.5) is 0 Å². The van der Waals surface area contributed by atoms with Gasteiger partial charge in [0.05, 0.1) is 12.1 Å². The maximum atomic E-state index is 12.2. The maximum Gasteiger partial charge on any atom is 0.238 e. The highest BCUT2D eigenvalue weighted by Gasteiger charge is 2.23. The van der Waals surface area contributed by atoms with Gasteiger partial charge in [-0.15, -0.1) is 0 Å². The molecule has 0 spiro atoms. The molecule has 104 valence electrons. The molecule has 1 heterocycles. The second kappa shape index (κ2) is 6.96. The van der Waals surface area contributed by atoms with E-state index in [4.69, 9.17) is 0 Å². The van der Waals surface area contributed by atoms with Gasteiger partial charge in [0.2, 0.25) is 5.91 Å². The van der Waals surface area contributed by atoms with Crippen molar-refractivity contribution in [2.45, 2.75) is 32.4 Å². The summed E-state index contributed by atoms with van der Waals surface area (Å²) in [4.78, 5) is 12.2. The van der Waals surface area contributed by atoms with Crippen LogP contribution in [0.1, 0.15) is 30.5 Å². The van der Waals surface area contributed by atoms with E-state index in [1.807, 2.05) is 11.8 Å². The van der Waals surface area contributed by atoms with E-state index in [1.54, 1.807) is 0 Å². The summed E-state index contributed by atoms with van der Waals surface area (Å²) in [6, 6.07) is 8.47. The summed E-state index contributed by atoms with van der Waals surface area (Å²) >= 11 is 1.84. The van der Waals surface area contributed by atoms with Crippen molar-refractivity contribution in [3.63, 3.8) is 0 Å². The van der Waals surface area contributed by atoms with Crippen LogP contribution in [-0.4, -0.2) is 30.0 Å². The summed E-state index contributed by atoms with van der Waals surface area (Å²) in [6.45, 7) is 5.10. The minimum Gasteiger partial charge on any atom is -0.348 e. The molecule has 0 saturated carbocycles. The number of hydrogen-bond donors (Lipinski definition) is 2. The average Bonchev–Trinajstić information content (AvgIpc) is 2.46. The van der Waals surface area contributed by atoms with E-state index in [0.717, 1.165) is 24.5 Å². The van der Waals surface area contributed by atoms with Crippen molar-refractivity contribution in [1.82, 2.24) is 10.6 Å². The molecule has 1 amide bonds. The Balaban J connectivity index is 1.98. The molecule has 1 aromatic rings. The van der Waals surface area contributed by atoms with Crippen LogP contribution in [0.2, 0.25) is 0 Å². The third-order valence-electron chi connectivity index (χ3n) is 3.44. The van der Waals surface area contributed by atoms with E-state index in [0.29, 0.717) is 0 Å². The van der Waals surface area contributed by atoms with Gasteiger partial charge < -0.3 is 10.6 Å². The molecule has 1 saturated heterocycles. The quantitative estimate of drug-likeness (QED) is 0.887. The SMILES string of the molecule is CCC(NC(=O)C1CSCCN1)c1ccc(C)cc1. The van der Waals surface area contributed by atoms with Gasteiger partial charge in [0, 0.05) is 18.1 Å². The standard InChI is InChI=1S/C15H22N2OS/c1-3-13(12-6-4-11(2)5-7-12)17-15(18)14-10-19-9-8-16-14/h4-7,13-14,16H,3,8-10H2,1-2H3,(H,17,18). The molecule has 4 heteroatoms. The summed E-state index contributed by atoms with van der Waals surface area (Å²) in [7, 11) is 0. The van der Waals surface area contributed by atoms with Gasteiger partial charge in [0.1, 0.15) is 0 Å². The van der Waals surface area contributed by atoms with Gasteiger partial charge in [-0.3, -0.25) is 4.79 Å². The lowest BCUT2D eigenvalue weighted by molar-refractivity contribution is -0.123. The minimum absolute atomic E-state index is 0.0433. The number of rotatable bonds is 4. The first kappa shape index (κ1) is 14.4. The van der Waals surface area contributed by atoms with Crippen molar-refractivity contribution in [1.29, 1.82) is 0 Å². The van der Waals surface area contributed by atoms with Crippen molar-refractivity contribution in [2.24, 2.45) is 0 Å². The molecule has 2 rings (SSSR count). The van der Waals surface area contributed by atoms with Gasteiger partial charge in [-0.05, 0) is 18.9 Å². The number of carbonyl (C=O) groups excluding carboxylic acids is 1. The molecule has 0 aliphatic carbocycles. The fourth-order valence-electron chi connectivity index (χ4n) is 2.23. The van der Waals surface area contributed by atoms with Crippen LogP contribution in [0.25, 0.3) is 0 Å². The Hall–Kier alpha value is -1.00. The first-order chi connectivity index (χ1) is 9.20. The van der Waals surface area contributed by atoms with Crippen molar-refractivity contribution in [3.05, 3.63) is 35.4 Å². The third kappa shape index (κ3) is 3.98. The summed E-state index contributed by atoms with van der Waals surface area (Å²) in [5.74, 6) is 2.09. The van der Waals surface area contributed by atoms with Gasteiger partial charge in [-0.25, -0.2) is 0 Å². The van der Waals surface area contributed by atoms with E-state index >= 15 is 0 Å². The van der Waals surface area contributed by atoms with Gasteiger partial charge in [0.25, 0.3) is 0 Å². The predicted octanol–water partition coefficient (Wildman–Crippen LogP) is 2.27. The largest absolute Gasteiger partial charge is 0.348 e. The minimum atomic E-state index is -0.0433. The predicted molar refractivity (Wildman–Crippen MR) is 81.5 cm³/mol. The molecule has 3 nitrogen and oxygen atoms in total. The second-order valence-electron chi connectivity index (χ2n) is 4.96. The molecule has 1 aliphatic heterocycles. The second-order valence-corrected chi connectivity index (χ2v) is 6.11. The Bertz CT molecular complexity index is 413. The van der Waals surface area contributed by atoms with Crippen LogP contribution in [0.3, 0.4) is 0 Å². The van der Waals surface area contributed by atoms with Crippen LogP contribution in [0, 0.1) is 6.92 Å². The molecule has 19 heavy (non-hydrogen) atoms. The lowest BCUT2D eigenvalue weighted by Crippen LogP contribution is -2.49. The van der Waals surface area contributed by atoms with E-state index in [-0.39, 0.29) is 18.0 Å². The normalized spacial score (nSPS) is 20.8. The van der Waals surface area contributed by atoms with E-state index in [1.165, 1.54) is 11.1 Å². The lowest BCUT2D eigenvalue weighted by Gasteiger charge is -2.25. The first-order valence-corrected chi connectivity index (χ1v) is 8.04. The molecular formula is C15H22N2OS. The topological polar surface area (TPSA) is 41.1 Å². The maximum absolute atomic E-state index is 12.2. The highest BCUT2D eigenvalue weighted by atomic mass is 32.2. The van der Waals surface area contributed by atoms with E-state index < -0.39 is 0 Å². The van der Waals surface area contributed by atoms with Crippen molar-refractivity contribution in [2.75, 3.05) is 18.1 Å². The number of carbonyl (C=O) groups is 1. The fourth-order valence-corrected chi connectivity index (χ4v) is 3.16. The number of amides is 1. The Morgan fingerprint density at radius 2 is 2.21 bits per heavy atom. The van der Waals surface area contributed by atoms with Crippen LogP contribution >= 0.6 is 11.8 Å². The molecule has 1 aromatic carbocycles. The monoisotopic (exact) mass is 278 g/mol. The van der Waals surface area contributed by atoms with Gasteiger partial charge in [0.15, 0.2) is 0 Å². The lowest BCUT2D eigenvalue weighted by atomic mass is 10.0. The Morgan fingerprint density at radius 3 is 2.79 bits per heavy atom. The highest BCUT2D eigenvalue weighted by Crippen LogP contribution is 2.18. The summed E-state index contributed by atoms with van der Waals surface area (Å²) < 4.78 is 0. The summed E-state index contributed by atoms with van der Waals surface area (Å²) in [5.41, 5.74) is 2.43. The van der Waals surface area contributed by atoms with E-state index in [9.17, 15) is 4.79 Å². The fraction of sp³-hybridized carbons (Fsp3) is 0.533. The van der Waals surface area contributed by atoms with Crippen LogP contribution in [0.15, 0.2) is 24.3 Å². The first-order valence-electron chi connectivity index (χ1n) is 6.88. The van der Waals surface area contributed by atoms with Crippen molar-refractivity contribution >= 4 is 17.7 Å². The number of thioether (sulfide) groups is 1. The van der Waals surface area contributed by atoms with E-state index in [2.05, 4.69) is 48.7 Å². The Kier molecular flexibility index (Phi) is 5.28. The zero-order valence-corrected chi connectivity index (χ0v) is 12.4. The Morgan fingerprint density at radius 1 is 1.47 bits per heavy atom. The molecule has 0 radical (unpaired) electrons. The zero-order chi connectivity index (χ0) is 13.7. The smallest absolute Gasteiger partial charge is 0.238 e. The molecule has 2 atom stereocenters. The van der Waals surface area contributed by atoms with Crippen LogP contribution < -0.4 is 10.6 Å². The van der Waals surface area contributed by atoms with Gasteiger partial charge >= 0.3 is 0 Å². The molecule has 0 aromatic heterocycles. The number of benzene rings is 1. The molecule has 1 fully saturated rings. The molecular weight excluding hydrogens is 256 g/mol. The van der Waals surface area contributed by atoms with Crippen LogP contribution in [0.5, 0.6) is 0 Å². The molecule has 2 unspecified atom stereocenters. The highest BCUT2D eigenvalue weighted by molar-refractivity contribution is 7.99. The van der Waals surface area contributed by atoms with Crippen molar-refractivity contribution < 1.29 is 4.79 Å². The molecule has 0 bridgehead atoms. The number of hydrogen-bond acceptors (Lipinski definition) is 3. The average molecular weight is 278 g/mol. The van der Waals surface area contributed by atoms with Crippen molar-refractivity contribution in [3.8, 4) is 0 Å². The van der Waals surface area contributed by atoms with Gasteiger partial charge in [-0.2, -0.15) is 11.8 Å².